The number of fused-ring (bicyclic) bond motifs is 3. The minimum Gasteiger partial charge on any atom is -0.228 e. The van der Waals surface area contributed by atoms with Gasteiger partial charge in [0.25, 0.3) is 0 Å². The quantitative estimate of drug-likeness (QED) is 0.406. The number of pyridine rings is 1. The van der Waals surface area contributed by atoms with Crippen molar-refractivity contribution < 1.29 is 0 Å². The molecule has 2 aromatic carbocycles. The first kappa shape index (κ1) is 16.8. The molecule has 0 saturated carbocycles. The molecule has 5 heteroatoms. The van der Waals surface area contributed by atoms with E-state index in [2.05, 4.69) is 19.1 Å². The number of aromatic nitrogens is 3. The van der Waals surface area contributed by atoms with Gasteiger partial charge in [0, 0.05) is 10.9 Å². The maximum absolute atomic E-state index is 6.29. The van der Waals surface area contributed by atoms with E-state index in [-0.39, 0.29) is 0 Å². The van der Waals surface area contributed by atoms with Gasteiger partial charge < -0.3 is 0 Å². The van der Waals surface area contributed by atoms with Crippen LogP contribution in [0, 0.1) is 6.92 Å². The predicted octanol–water partition coefficient (Wildman–Crippen LogP) is 6.19. The molecule has 0 bridgehead atoms. The first-order valence-corrected chi connectivity index (χ1v) is 9.81. The van der Waals surface area contributed by atoms with E-state index in [1.807, 2.05) is 41.1 Å². The Hall–Kier alpha value is -2.36. The standard InChI is InChI=1S/C22H17Cl2N3/c1-13-20-16-8-5-9-17(16)21(14-10-11-18(23)19(24)12-14)25-22(20)27(26-13)15-6-3-2-4-7-15/h2-4,6-7,10-12H,5,8-9H2,1H3. The minimum absolute atomic E-state index is 0.551. The van der Waals surface area contributed by atoms with E-state index >= 15 is 0 Å². The fourth-order valence-electron chi connectivity index (χ4n) is 4.06. The lowest BCUT2D eigenvalue weighted by Crippen LogP contribution is -2.00. The number of hydrogen-bond donors (Lipinski definition) is 0. The number of aryl methyl sites for hydroxylation is 2. The van der Waals surface area contributed by atoms with E-state index in [0.717, 1.165) is 47.5 Å². The van der Waals surface area contributed by atoms with Gasteiger partial charge in [-0.2, -0.15) is 5.10 Å². The van der Waals surface area contributed by atoms with Crippen LogP contribution in [0.4, 0.5) is 0 Å². The molecule has 1 aliphatic carbocycles. The van der Waals surface area contributed by atoms with Crippen LogP contribution in [0.5, 0.6) is 0 Å². The summed E-state index contributed by atoms with van der Waals surface area (Å²) in [4.78, 5) is 5.08. The van der Waals surface area contributed by atoms with E-state index in [1.165, 1.54) is 16.5 Å². The molecule has 3 nitrogen and oxygen atoms in total. The molecule has 4 aromatic rings. The Morgan fingerprint density at radius 1 is 0.926 bits per heavy atom. The fraction of sp³-hybridized carbons (Fsp3) is 0.182. The molecule has 2 aromatic heterocycles. The number of benzene rings is 2. The maximum Gasteiger partial charge on any atom is 0.164 e. The molecule has 5 rings (SSSR count). The summed E-state index contributed by atoms with van der Waals surface area (Å²) in [6, 6.07) is 15.9. The van der Waals surface area contributed by atoms with Gasteiger partial charge in [-0.15, -0.1) is 0 Å². The predicted molar refractivity (Wildman–Crippen MR) is 111 cm³/mol. The maximum atomic E-state index is 6.29. The smallest absolute Gasteiger partial charge is 0.164 e. The molecule has 2 heterocycles. The molecular weight excluding hydrogens is 377 g/mol. The zero-order valence-electron chi connectivity index (χ0n) is 14.8. The topological polar surface area (TPSA) is 30.7 Å². The molecular formula is C22H17Cl2N3. The van der Waals surface area contributed by atoms with Gasteiger partial charge in [-0.1, -0.05) is 47.5 Å². The van der Waals surface area contributed by atoms with Crippen molar-refractivity contribution in [2.24, 2.45) is 0 Å². The van der Waals surface area contributed by atoms with Gasteiger partial charge in [0.2, 0.25) is 0 Å². The summed E-state index contributed by atoms with van der Waals surface area (Å²) in [6.45, 7) is 2.07. The number of halogens is 2. The van der Waals surface area contributed by atoms with Crippen molar-refractivity contribution in [3.63, 3.8) is 0 Å². The minimum atomic E-state index is 0.551. The zero-order valence-corrected chi connectivity index (χ0v) is 16.3. The first-order chi connectivity index (χ1) is 13.1. The summed E-state index contributed by atoms with van der Waals surface area (Å²) >= 11 is 12.4. The van der Waals surface area contributed by atoms with E-state index in [9.17, 15) is 0 Å². The summed E-state index contributed by atoms with van der Waals surface area (Å²) < 4.78 is 1.95. The highest BCUT2D eigenvalue weighted by Gasteiger charge is 2.25. The molecule has 134 valence electrons. The SMILES string of the molecule is Cc1nn(-c2ccccc2)c2nc(-c3ccc(Cl)c(Cl)c3)c3c(c12)CCC3. The Kier molecular flexibility index (Phi) is 3.96. The summed E-state index contributed by atoms with van der Waals surface area (Å²) in [5.74, 6) is 0. The van der Waals surface area contributed by atoms with Crippen molar-refractivity contribution in [3.05, 3.63) is 75.4 Å². The van der Waals surface area contributed by atoms with Crippen LogP contribution < -0.4 is 0 Å². The van der Waals surface area contributed by atoms with E-state index < -0.39 is 0 Å². The van der Waals surface area contributed by atoms with Gasteiger partial charge in [-0.05, 0) is 61.6 Å². The Morgan fingerprint density at radius 3 is 2.48 bits per heavy atom. The molecule has 0 fully saturated rings. The van der Waals surface area contributed by atoms with Crippen LogP contribution >= 0.6 is 23.2 Å². The van der Waals surface area contributed by atoms with Crippen LogP contribution in [0.25, 0.3) is 28.0 Å². The summed E-state index contributed by atoms with van der Waals surface area (Å²) in [7, 11) is 0. The highest BCUT2D eigenvalue weighted by Crippen LogP contribution is 2.39. The van der Waals surface area contributed by atoms with E-state index in [4.69, 9.17) is 33.3 Å². The lowest BCUT2D eigenvalue weighted by molar-refractivity contribution is 0.876. The number of nitrogens with zero attached hydrogens (tertiary/aromatic N) is 3. The molecule has 0 saturated heterocycles. The van der Waals surface area contributed by atoms with Crippen molar-refractivity contribution in [2.75, 3.05) is 0 Å². The summed E-state index contributed by atoms with van der Waals surface area (Å²) in [5, 5.41) is 7.11. The Balaban J connectivity index is 1.84. The van der Waals surface area contributed by atoms with Crippen molar-refractivity contribution in [3.8, 4) is 16.9 Å². The highest BCUT2D eigenvalue weighted by molar-refractivity contribution is 6.42. The largest absolute Gasteiger partial charge is 0.228 e. The molecule has 0 N–H and O–H groups in total. The van der Waals surface area contributed by atoms with Gasteiger partial charge in [0.15, 0.2) is 5.65 Å². The third-order valence-electron chi connectivity index (χ3n) is 5.25. The van der Waals surface area contributed by atoms with E-state index in [1.54, 1.807) is 0 Å². The summed E-state index contributed by atoms with van der Waals surface area (Å²) in [6.07, 6.45) is 3.23. The molecule has 0 aliphatic heterocycles. The molecule has 0 amide bonds. The molecule has 1 aliphatic rings. The third kappa shape index (κ3) is 2.65. The Labute approximate surface area is 167 Å². The van der Waals surface area contributed by atoms with Crippen molar-refractivity contribution >= 4 is 34.2 Å². The van der Waals surface area contributed by atoms with Gasteiger partial charge in [-0.3, -0.25) is 0 Å². The van der Waals surface area contributed by atoms with Gasteiger partial charge >= 0.3 is 0 Å². The van der Waals surface area contributed by atoms with Crippen LogP contribution in [-0.4, -0.2) is 14.8 Å². The third-order valence-corrected chi connectivity index (χ3v) is 5.99. The normalized spacial score (nSPS) is 13.3. The van der Waals surface area contributed by atoms with Gasteiger partial charge in [-0.25, -0.2) is 9.67 Å². The first-order valence-electron chi connectivity index (χ1n) is 9.05. The average Bonchev–Trinajstić information content (AvgIpc) is 3.28. The number of hydrogen-bond acceptors (Lipinski definition) is 2. The van der Waals surface area contributed by atoms with Crippen LogP contribution in [0.1, 0.15) is 23.2 Å². The second-order valence-corrected chi connectivity index (χ2v) is 7.75. The van der Waals surface area contributed by atoms with Gasteiger partial charge in [0.05, 0.1) is 27.1 Å². The van der Waals surface area contributed by atoms with Crippen molar-refractivity contribution in [1.29, 1.82) is 0 Å². The molecule has 0 unspecified atom stereocenters. The Bertz CT molecular complexity index is 1180. The fourth-order valence-corrected chi connectivity index (χ4v) is 4.36. The van der Waals surface area contributed by atoms with Crippen LogP contribution in [0.2, 0.25) is 10.0 Å². The molecule has 27 heavy (non-hydrogen) atoms. The van der Waals surface area contributed by atoms with Crippen molar-refractivity contribution in [2.45, 2.75) is 26.2 Å². The molecule has 0 spiro atoms. The van der Waals surface area contributed by atoms with Crippen LogP contribution in [0.15, 0.2) is 48.5 Å². The van der Waals surface area contributed by atoms with Gasteiger partial charge in [0.1, 0.15) is 0 Å². The average molecular weight is 394 g/mol. The van der Waals surface area contributed by atoms with Crippen LogP contribution in [-0.2, 0) is 12.8 Å². The van der Waals surface area contributed by atoms with Crippen LogP contribution in [0.3, 0.4) is 0 Å². The monoisotopic (exact) mass is 393 g/mol. The lowest BCUT2D eigenvalue weighted by Gasteiger charge is -2.11. The van der Waals surface area contributed by atoms with E-state index in [0.29, 0.717) is 10.0 Å². The highest BCUT2D eigenvalue weighted by atomic mass is 35.5. The lowest BCUT2D eigenvalue weighted by atomic mass is 10.00. The molecule has 0 radical (unpaired) electrons. The number of para-hydroxylation sites is 1. The second kappa shape index (κ2) is 6.36. The number of rotatable bonds is 2. The summed E-state index contributed by atoms with van der Waals surface area (Å²) in [5.41, 5.74) is 7.63. The van der Waals surface area contributed by atoms with Crippen molar-refractivity contribution in [1.82, 2.24) is 14.8 Å². The zero-order chi connectivity index (χ0) is 18.5. The second-order valence-electron chi connectivity index (χ2n) is 6.93. The molecule has 0 atom stereocenters. The Morgan fingerprint density at radius 2 is 1.70 bits per heavy atom.